The Kier molecular flexibility index (Phi) is 6.57. The van der Waals surface area contributed by atoms with Gasteiger partial charge in [-0.05, 0) is 30.0 Å². The number of carbonyl (C=O) groups is 2. The minimum Gasteiger partial charge on any atom is -0.375 e. The summed E-state index contributed by atoms with van der Waals surface area (Å²) in [7, 11) is 3.53. The van der Waals surface area contributed by atoms with Crippen molar-refractivity contribution in [2.24, 2.45) is 0 Å². The molecule has 3 amide bonds. The third kappa shape index (κ3) is 5.23. The minimum atomic E-state index is -0.178. The Balaban J connectivity index is 1.46. The smallest absolute Gasteiger partial charge is 0.319 e. The highest BCUT2D eigenvalue weighted by Crippen LogP contribution is 2.25. The Bertz CT molecular complexity index is 689. The number of hydrogen-bond donors (Lipinski definition) is 2. The Morgan fingerprint density at radius 3 is 2.57 bits per heavy atom. The predicted molar refractivity (Wildman–Crippen MR) is 110 cm³/mol. The Morgan fingerprint density at radius 1 is 1.21 bits per heavy atom. The summed E-state index contributed by atoms with van der Waals surface area (Å²) in [5.41, 5.74) is 2.05. The maximum Gasteiger partial charge on any atom is 0.319 e. The minimum absolute atomic E-state index is 0.0711. The van der Waals surface area contributed by atoms with E-state index in [-0.39, 0.29) is 24.1 Å². The SMILES string of the molecule is CC(C)c1ccc(NC(=O)N[C@@H]2C[C@H]3CO[C@@H](CC(=O)N(C)C)CN3C2)cc1. The third-order valence-electron chi connectivity index (χ3n) is 5.56. The highest BCUT2D eigenvalue weighted by Gasteiger charge is 2.38. The molecule has 3 rings (SSSR count). The maximum absolute atomic E-state index is 12.4. The molecule has 1 aromatic carbocycles. The van der Waals surface area contributed by atoms with Gasteiger partial charge in [-0.15, -0.1) is 0 Å². The molecule has 154 valence electrons. The van der Waals surface area contributed by atoms with E-state index in [2.05, 4.69) is 29.4 Å². The second-order valence-corrected chi connectivity index (χ2v) is 8.36. The summed E-state index contributed by atoms with van der Waals surface area (Å²) < 4.78 is 5.87. The zero-order chi connectivity index (χ0) is 20.3. The van der Waals surface area contributed by atoms with E-state index >= 15 is 0 Å². The molecule has 0 unspecified atom stereocenters. The van der Waals surface area contributed by atoms with Gasteiger partial charge in [-0.1, -0.05) is 26.0 Å². The van der Waals surface area contributed by atoms with Crippen LogP contribution in [0.2, 0.25) is 0 Å². The van der Waals surface area contributed by atoms with Crippen LogP contribution in [0.15, 0.2) is 24.3 Å². The lowest BCUT2D eigenvalue weighted by Gasteiger charge is -2.35. The first-order chi connectivity index (χ1) is 13.3. The number of nitrogens with zero attached hydrogens (tertiary/aromatic N) is 2. The van der Waals surface area contributed by atoms with Crippen LogP contribution in [0, 0.1) is 0 Å². The van der Waals surface area contributed by atoms with Crippen LogP contribution in [0.25, 0.3) is 0 Å². The van der Waals surface area contributed by atoms with E-state index in [0.717, 1.165) is 25.2 Å². The fraction of sp³-hybridized carbons (Fsp3) is 0.619. The van der Waals surface area contributed by atoms with E-state index in [1.807, 2.05) is 24.3 Å². The van der Waals surface area contributed by atoms with Crippen molar-refractivity contribution in [3.8, 4) is 0 Å². The molecule has 0 spiro atoms. The second kappa shape index (κ2) is 8.92. The number of fused-ring (bicyclic) bond motifs is 1. The van der Waals surface area contributed by atoms with Gasteiger partial charge in [-0.25, -0.2) is 4.79 Å². The molecule has 0 bridgehead atoms. The van der Waals surface area contributed by atoms with E-state index in [9.17, 15) is 9.59 Å². The summed E-state index contributed by atoms with van der Waals surface area (Å²) in [6.07, 6.45) is 1.20. The van der Waals surface area contributed by atoms with Gasteiger partial charge in [-0.2, -0.15) is 0 Å². The van der Waals surface area contributed by atoms with Crippen molar-refractivity contribution in [3.63, 3.8) is 0 Å². The van der Waals surface area contributed by atoms with Gasteiger partial charge < -0.3 is 20.3 Å². The third-order valence-corrected chi connectivity index (χ3v) is 5.56. The number of amides is 3. The Hall–Kier alpha value is -2.12. The molecule has 7 nitrogen and oxygen atoms in total. The molecular formula is C21H32N4O3. The van der Waals surface area contributed by atoms with Crippen LogP contribution in [0.5, 0.6) is 0 Å². The average molecular weight is 389 g/mol. The molecule has 7 heteroatoms. The van der Waals surface area contributed by atoms with E-state index in [1.165, 1.54) is 5.56 Å². The lowest BCUT2D eigenvalue weighted by atomic mass is 10.0. The Labute approximate surface area is 167 Å². The van der Waals surface area contributed by atoms with E-state index in [4.69, 9.17) is 4.74 Å². The molecule has 0 saturated carbocycles. The van der Waals surface area contributed by atoms with E-state index in [0.29, 0.717) is 25.0 Å². The van der Waals surface area contributed by atoms with Crippen molar-refractivity contribution in [1.82, 2.24) is 15.1 Å². The average Bonchev–Trinajstić information content (AvgIpc) is 3.03. The van der Waals surface area contributed by atoms with Crippen LogP contribution in [0.3, 0.4) is 0 Å². The second-order valence-electron chi connectivity index (χ2n) is 8.36. The number of hydrogen-bond acceptors (Lipinski definition) is 4. The van der Waals surface area contributed by atoms with Crippen LogP contribution in [-0.2, 0) is 9.53 Å². The largest absolute Gasteiger partial charge is 0.375 e. The lowest BCUT2D eigenvalue weighted by Crippen LogP contribution is -2.47. The van der Waals surface area contributed by atoms with Gasteiger partial charge in [0.1, 0.15) is 0 Å². The molecular weight excluding hydrogens is 356 g/mol. The number of nitrogens with one attached hydrogen (secondary N) is 2. The van der Waals surface area contributed by atoms with Crippen LogP contribution in [0.4, 0.5) is 10.5 Å². The van der Waals surface area contributed by atoms with Gasteiger partial charge in [0, 0.05) is 45.0 Å². The van der Waals surface area contributed by atoms with Gasteiger partial charge in [0.05, 0.1) is 19.1 Å². The number of rotatable bonds is 5. The van der Waals surface area contributed by atoms with Crippen molar-refractivity contribution in [1.29, 1.82) is 0 Å². The van der Waals surface area contributed by atoms with Crippen molar-refractivity contribution in [2.75, 3.05) is 39.1 Å². The number of benzene rings is 1. The molecule has 2 heterocycles. The molecule has 1 aromatic rings. The topological polar surface area (TPSA) is 73.9 Å². The first kappa shape index (κ1) is 20.6. The molecule has 2 fully saturated rings. The summed E-state index contributed by atoms with van der Waals surface area (Å²) in [5.74, 6) is 0.554. The molecule has 2 aliphatic heterocycles. The van der Waals surface area contributed by atoms with Crippen LogP contribution in [0.1, 0.15) is 38.2 Å². The normalized spacial score (nSPS) is 24.7. The quantitative estimate of drug-likeness (QED) is 0.811. The van der Waals surface area contributed by atoms with Crippen molar-refractivity contribution in [3.05, 3.63) is 29.8 Å². The summed E-state index contributed by atoms with van der Waals surface area (Å²) in [4.78, 5) is 28.2. The van der Waals surface area contributed by atoms with E-state index in [1.54, 1.807) is 19.0 Å². The molecule has 2 N–H and O–H groups in total. The van der Waals surface area contributed by atoms with Crippen LogP contribution < -0.4 is 10.6 Å². The highest BCUT2D eigenvalue weighted by molar-refractivity contribution is 5.89. The molecule has 0 aliphatic carbocycles. The van der Waals surface area contributed by atoms with Crippen LogP contribution in [-0.4, -0.2) is 73.7 Å². The number of ether oxygens (including phenoxy) is 1. The van der Waals surface area contributed by atoms with Crippen molar-refractivity contribution < 1.29 is 14.3 Å². The highest BCUT2D eigenvalue weighted by atomic mass is 16.5. The van der Waals surface area contributed by atoms with Crippen molar-refractivity contribution in [2.45, 2.75) is 50.8 Å². The van der Waals surface area contributed by atoms with Gasteiger partial charge in [0.25, 0.3) is 0 Å². The monoisotopic (exact) mass is 388 g/mol. The van der Waals surface area contributed by atoms with Crippen molar-refractivity contribution >= 4 is 17.6 Å². The van der Waals surface area contributed by atoms with E-state index < -0.39 is 0 Å². The number of urea groups is 1. The first-order valence-corrected chi connectivity index (χ1v) is 10.0. The number of morpholine rings is 1. The zero-order valence-electron chi connectivity index (χ0n) is 17.3. The summed E-state index contributed by atoms with van der Waals surface area (Å²) in [5, 5.41) is 5.99. The maximum atomic E-state index is 12.4. The standard InChI is InChI=1S/C21H32N4O3/c1-14(2)15-5-7-16(8-6-15)22-21(27)23-17-9-18-13-28-19(12-25(18)11-17)10-20(26)24(3)4/h5-8,14,17-19H,9-13H2,1-4H3,(H2,22,23,27)/t17-,18+,19+/m1/s1. The molecule has 28 heavy (non-hydrogen) atoms. The fourth-order valence-corrected chi connectivity index (χ4v) is 3.85. The predicted octanol–water partition coefficient (Wildman–Crippen LogP) is 2.25. The summed E-state index contributed by atoms with van der Waals surface area (Å²) in [6, 6.07) is 8.18. The van der Waals surface area contributed by atoms with Crippen LogP contribution >= 0.6 is 0 Å². The lowest BCUT2D eigenvalue weighted by molar-refractivity contribution is -0.134. The van der Waals surface area contributed by atoms with Gasteiger partial charge in [0.2, 0.25) is 5.91 Å². The molecule has 3 atom stereocenters. The number of carbonyl (C=O) groups excluding carboxylic acids is 2. The molecule has 0 radical (unpaired) electrons. The summed E-state index contributed by atoms with van der Waals surface area (Å²) >= 11 is 0. The fourth-order valence-electron chi connectivity index (χ4n) is 3.85. The molecule has 2 saturated heterocycles. The Morgan fingerprint density at radius 2 is 1.93 bits per heavy atom. The zero-order valence-corrected chi connectivity index (χ0v) is 17.3. The van der Waals surface area contributed by atoms with Gasteiger partial charge in [0.15, 0.2) is 0 Å². The number of anilines is 1. The van der Waals surface area contributed by atoms with Gasteiger partial charge >= 0.3 is 6.03 Å². The first-order valence-electron chi connectivity index (χ1n) is 10.0. The van der Waals surface area contributed by atoms with Gasteiger partial charge in [-0.3, -0.25) is 9.69 Å². The molecule has 2 aliphatic rings. The molecule has 0 aromatic heterocycles. The summed E-state index contributed by atoms with van der Waals surface area (Å²) in [6.45, 7) is 6.44.